The molecule has 0 aliphatic rings. The Kier molecular flexibility index (Phi) is 5.15. The van der Waals surface area contributed by atoms with Gasteiger partial charge in [0.1, 0.15) is 0 Å². The van der Waals surface area contributed by atoms with Crippen molar-refractivity contribution in [2.75, 3.05) is 6.61 Å². The van der Waals surface area contributed by atoms with Gasteiger partial charge in [0.25, 0.3) is 5.91 Å². The van der Waals surface area contributed by atoms with E-state index in [0.29, 0.717) is 17.8 Å². The molecule has 1 atom stereocenters. The quantitative estimate of drug-likeness (QED) is 0.856. The van der Waals surface area contributed by atoms with Crippen LogP contribution in [0.5, 0.6) is 0 Å². The van der Waals surface area contributed by atoms with Crippen LogP contribution in [0.15, 0.2) is 24.3 Å². The van der Waals surface area contributed by atoms with Gasteiger partial charge in [-0.25, -0.2) is 4.68 Å². The third kappa shape index (κ3) is 3.76. The van der Waals surface area contributed by atoms with Gasteiger partial charge in [0.15, 0.2) is 5.69 Å². The molecule has 1 aromatic heterocycles. The Labute approximate surface area is 136 Å². The van der Waals surface area contributed by atoms with Gasteiger partial charge in [0.2, 0.25) is 0 Å². The molecule has 0 fully saturated rings. The Balaban J connectivity index is 2.24. The van der Waals surface area contributed by atoms with Gasteiger partial charge < -0.3 is 10.4 Å². The molecule has 6 nitrogen and oxygen atoms in total. The van der Waals surface area contributed by atoms with Crippen molar-refractivity contribution < 1.29 is 9.90 Å². The van der Waals surface area contributed by atoms with E-state index < -0.39 is 5.54 Å². The zero-order valence-electron chi connectivity index (χ0n) is 14.1. The van der Waals surface area contributed by atoms with Crippen molar-refractivity contribution in [1.29, 1.82) is 0 Å². The molecule has 1 heterocycles. The van der Waals surface area contributed by atoms with Crippen LogP contribution in [-0.4, -0.2) is 38.2 Å². The number of carbonyl (C=O) groups is 1. The molecule has 0 saturated heterocycles. The average Bonchev–Trinajstić information content (AvgIpc) is 2.90. The minimum absolute atomic E-state index is 0.0274. The lowest BCUT2D eigenvalue weighted by molar-refractivity contribution is 0.0880. The molecule has 0 aliphatic carbocycles. The highest BCUT2D eigenvalue weighted by Gasteiger charge is 2.27. The number of aliphatic hydroxyl groups is 1. The highest BCUT2D eigenvalue weighted by atomic mass is 16.3. The Hall–Kier alpha value is -2.21. The number of hydrogen-bond acceptors (Lipinski definition) is 4. The molecule has 0 saturated carbocycles. The molecule has 2 N–H and O–H groups in total. The predicted octanol–water partition coefficient (Wildman–Crippen LogP) is 2.17. The first-order valence-corrected chi connectivity index (χ1v) is 7.83. The van der Waals surface area contributed by atoms with Crippen molar-refractivity contribution in [3.8, 4) is 5.69 Å². The number of aromatic nitrogens is 3. The van der Waals surface area contributed by atoms with Crippen LogP contribution in [0.4, 0.5) is 0 Å². The van der Waals surface area contributed by atoms with Gasteiger partial charge in [-0.05, 0) is 45.7 Å². The minimum atomic E-state index is -0.452. The Morgan fingerprint density at radius 2 is 1.96 bits per heavy atom. The molecule has 2 aromatic rings. The summed E-state index contributed by atoms with van der Waals surface area (Å²) in [6, 6.07) is 7.87. The van der Waals surface area contributed by atoms with Gasteiger partial charge in [0.05, 0.1) is 11.4 Å². The molecule has 2 rings (SSSR count). The second-order valence-corrected chi connectivity index (χ2v) is 6.11. The van der Waals surface area contributed by atoms with Crippen LogP contribution >= 0.6 is 0 Å². The molecule has 0 bridgehead atoms. The topological polar surface area (TPSA) is 80.0 Å². The normalized spacial score (nSPS) is 13.6. The monoisotopic (exact) mass is 316 g/mol. The van der Waals surface area contributed by atoms with Gasteiger partial charge in [-0.2, -0.15) is 0 Å². The summed E-state index contributed by atoms with van der Waals surface area (Å²) in [5.41, 5.74) is 2.57. The van der Waals surface area contributed by atoms with E-state index in [-0.39, 0.29) is 12.5 Å². The van der Waals surface area contributed by atoms with Crippen LogP contribution in [0.1, 0.15) is 48.4 Å². The lowest BCUT2D eigenvalue weighted by atomic mass is 9.94. The number of carbonyl (C=O) groups excluding carboxylic acids is 1. The van der Waals surface area contributed by atoms with E-state index >= 15 is 0 Å². The second-order valence-electron chi connectivity index (χ2n) is 6.11. The summed E-state index contributed by atoms with van der Waals surface area (Å²) in [6.45, 7) is 7.76. The fourth-order valence-corrected chi connectivity index (χ4v) is 2.38. The highest BCUT2D eigenvalue weighted by Crippen LogP contribution is 2.17. The SMILES string of the molecule is CCC(C)(CCO)NC(=O)c1nnn(-c2ccc(C)cc2)c1C. The summed E-state index contributed by atoms with van der Waals surface area (Å²) in [6.07, 6.45) is 1.23. The van der Waals surface area contributed by atoms with Crippen molar-refractivity contribution in [1.82, 2.24) is 20.3 Å². The van der Waals surface area contributed by atoms with Crippen molar-refractivity contribution >= 4 is 5.91 Å². The van der Waals surface area contributed by atoms with Crippen molar-refractivity contribution in [3.05, 3.63) is 41.2 Å². The summed E-state index contributed by atoms with van der Waals surface area (Å²) in [5, 5.41) is 20.2. The fourth-order valence-electron chi connectivity index (χ4n) is 2.38. The van der Waals surface area contributed by atoms with Gasteiger partial charge in [0, 0.05) is 12.1 Å². The van der Waals surface area contributed by atoms with E-state index in [1.54, 1.807) is 4.68 Å². The van der Waals surface area contributed by atoms with E-state index in [2.05, 4.69) is 15.6 Å². The van der Waals surface area contributed by atoms with E-state index in [9.17, 15) is 4.79 Å². The van der Waals surface area contributed by atoms with E-state index in [0.717, 1.165) is 17.7 Å². The summed E-state index contributed by atoms with van der Waals surface area (Å²) in [5.74, 6) is -0.265. The van der Waals surface area contributed by atoms with E-state index in [4.69, 9.17) is 5.11 Å². The standard InChI is InChI=1S/C17H24N4O2/c1-5-17(4,10-11-22)18-16(23)15-13(3)21(20-19-15)14-8-6-12(2)7-9-14/h6-9,22H,5,10-11H2,1-4H3,(H,18,23). The highest BCUT2D eigenvalue weighted by molar-refractivity contribution is 5.93. The number of nitrogens with one attached hydrogen (secondary N) is 1. The van der Waals surface area contributed by atoms with E-state index in [1.807, 2.05) is 52.0 Å². The smallest absolute Gasteiger partial charge is 0.274 e. The predicted molar refractivity (Wildman–Crippen MR) is 88.7 cm³/mol. The molecule has 6 heteroatoms. The number of hydrogen-bond donors (Lipinski definition) is 2. The second kappa shape index (κ2) is 6.91. The summed E-state index contributed by atoms with van der Waals surface area (Å²) in [7, 11) is 0. The zero-order chi connectivity index (χ0) is 17.0. The lowest BCUT2D eigenvalue weighted by Crippen LogP contribution is -2.46. The Bertz CT molecular complexity index is 678. The third-order valence-electron chi connectivity index (χ3n) is 4.25. The van der Waals surface area contributed by atoms with Crippen LogP contribution < -0.4 is 5.32 Å². The molecule has 0 radical (unpaired) electrons. The number of nitrogens with zero attached hydrogens (tertiary/aromatic N) is 3. The van der Waals surface area contributed by atoms with Crippen LogP contribution in [0.25, 0.3) is 5.69 Å². The first kappa shape index (κ1) is 17.1. The van der Waals surface area contributed by atoms with Gasteiger partial charge in [-0.15, -0.1) is 5.10 Å². The van der Waals surface area contributed by atoms with Crippen LogP contribution in [0.3, 0.4) is 0 Å². The number of benzene rings is 1. The van der Waals surface area contributed by atoms with Crippen molar-refractivity contribution in [2.24, 2.45) is 0 Å². The number of aliphatic hydroxyl groups excluding tert-OH is 1. The summed E-state index contributed by atoms with van der Waals surface area (Å²) < 4.78 is 1.66. The number of aryl methyl sites for hydroxylation is 1. The third-order valence-corrected chi connectivity index (χ3v) is 4.25. The molecule has 23 heavy (non-hydrogen) atoms. The fraction of sp³-hybridized carbons (Fsp3) is 0.471. The van der Waals surface area contributed by atoms with Crippen LogP contribution in [0, 0.1) is 13.8 Å². The first-order chi connectivity index (χ1) is 10.9. The molecular weight excluding hydrogens is 292 g/mol. The molecule has 0 spiro atoms. The molecule has 1 amide bonds. The molecule has 124 valence electrons. The number of amides is 1. The maximum Gasteiger partial charge on any atom is 0.274 e. The van der Waals surface area contributed by atoms with Crippen molar-refractivity contribution in [2.45, 2.75) is 46.1 Å². The largest absolute Gasteiger partial charge is 0.396 e. The van der Waals surface area contributed by atoms with Crippen molar-refractivity contribution in [3.63, 3.8) is 0 Å². The minimum Gasteiger partial charge on any atom is -0.396 e. The summed E-state index contributed by atoms with van der Waals surface area (Å²) in [4.78, 5) is 12.5. The lowest BCUT2D eigenvalue weighted by Gasteiger charge is -2.28. The van der Waals surface area contributed by atoms with Gasteiger partial charge in [-0.1, -0.05) is 29.8 Å². The molecule has 1 aromatic carbocycles. The maximum absolute atomic E-state index is 12.5. The first-order valence-electron chi connectivity index (χ1n) is 7.83. The zero-order valence-corrected chi connectivity index (χ0v) is 14.1. The van der Waals surface area contributed by atoms with Gasteiger partial charge in [-0.3, -0.25) is 4.79 Å². The molecule has 1 unspecified atom stereocenters. The summed E-state index contributed by atoms with van der Waals surface area (Å²) >= 11 is 0. The Morgan fingerprint density at radius 1 is 1.30 bits per heavy atom. The Morgan fingerprint density at radius 3 is 2.52 bits per heavy atom. The molecular formula is C17H24N4O2. The van der Waals surface area contributed by atoms with Crippen LogP contribution in [-0.2, 0) is 0 Å². The van der Waals surface area contributed by atoms with Crippen LogP contribution in [0.2, 0.25) is 0 Å². The molecule has 0 aliphatic heterocycles. The van der Waals surface area contributed by atoms with Gasteiger partial charge >= 0.3 is 0 Å². The number of rotatable bonds is 6. The average molecular weight is 316 g/mol. The van der Waals surface area contributed by atoms with E-state index in [1.165, 1.54) is 0 Å². The maximum atomic E-state index is 12.5.